The summed E-state index contributed by atoms with van der Waals surface area (Å²) in [5.74, 6) is 0. The average molecular weight is 189 g/mol. The summed E-state index contributed by atoms with van der Waals surface area (Å²) in [7, 11) is 3.68. The van der Waals surface area contributed by atoms with Crippen LogP contribution in [-0.2, 0) is 9.47 Å². The number of hydrogen-bond acceptors (Lipinski definition) is 4. The van der Waals surface area contributed by atoms with E-state index in [1.54, 1.807) is 7.11 Å². The smallest absolute Gasteiger partial charge is 0.0718 e. The number of hydrogen-bond donors (Lipinski definition) is 1. The van der Waals surface area contributed by atoms with Gasteiger partial charge in [-0.25, -0.2) is 0 Å². The molecule has 0 aliphatic carbocycles. The Hall–Kier alpha value is -0.160. The molecule has 0 radical (unpaired) electrons. The van der Waals surface area contributed by atoms with Gasteiger partial charge in [-0.3, -0.25) is 4.90 Å². The molecular weight excluding hydrogens is 170 g/mol. The Morgan fingerprint density at radius 1 is 1.46 bits per heavy atom. The first-order valence-corrected chi connectivity index (χ1v) is 4.69. The molecule has 2 atom stereocenters. The standard InChI is InChI=1S/C9H19NO3/c1-10-6-9(5-8(10)7-11)13-4-3-12-2/h8-9,11H,3-7H2,1-2H3/t8-,9+/m0/s1. The van der Waals surface area contributed by atoms with Gasteiger partial charge in [0.05, 0.1) is 25.9 Å². The van der Waals surface area contributed by atoms with E-state index in [0.717, 1.165) is 13.0 Å². The Morgan fingerprint density at radius 3 is 2.77 bits per heavy atom. The number of likely N-dealkylation sites (tertiary alicyclic amines) is 1. The van der Waals surface area contributed by atoms with Crippen LogP contribution in [0.1, 0.15) is 6.42 Å². The SMILES string of the molecule is COCCO[C@@H]1C[C@@H](CO)N(C)C1. The van der Waals surface area contributed by atoms with Crippen LogP contribution in [0.25, 0.3) is 0 Å². The summed E-state index contributed by atoms with van der Waals surface area (Å²) in [5.41, 5.74) is 0. The third-order valence-corrected chi connectivity index (χ3v) is 2.50. The Balaban J connectivity index is 2.16. The molecule has 1 saturated heterocycles. The van der Waals surface area contributed by atoms with Gasteiger partial charge in [-0.2, -0.15) is 0 Å². The van der Waals surface area contributed by atoms with Gasteiger partial charge >= 0.3 is 0 Å². The van der Waals surface area contributed by atoms with Crippen LogP contribution in [0, 0.1) is 0 Å². The predicted octanol–water partition coefficient (Wildman–Crippen LogP) is -0.286. The average Bonchev–Trinajstić information content (AvgIpc) is 2.47. The van der Waals surface area contributed by atoms with Crippen LogP contribution in [0.4, 0.5) is 0 Å². The summed E-state index contributed by atoms with van der Waals surface area (Å²) in [4.78, 5) is 2.14. The molecule has 78 valence electrons. The van der Waals surface area contributed by atoms with Crippen molar-refractivity contribution in [2.75, 3.05) is 40.5 Å². The van der Waals surface area contributed by atoms with E-state index in [9.17, 15) is 0 Å². The second-order valence-electron chi connectivity index (χ2n) is 3.50. The molecule has 4 heteroatoms. The zero-order chi connectivity index (χ0) is 9.68. The molecule has 1 aliphatic heterocycles. The summed E-state index contributed by atoms with van der Waals surface area (Å²) >= 11 is 0. The largest absolute Gasteiger partial charge is 0.395 e. The Labute approximate surface area is 79.4 Å². The first kappa shape index (κ1) is 10.9. The lowest BCUT2D eigenvalue weighted by molar-refractivity contribution is 0.0229. The maximum atomic E-state index is 9.00. The van der Waals surface area contributed by atoms with E-state index in [0.29, 0.717) is 13.2 Å². The van der Waals surface area contributed by atoms with Gasteiger partial charge in [0.25, 0.3) is 0 Å². The summed E-state index contributed by atoms with van der Waals surface area (Å²) in [6, 6.07) is 0.271. The van der Waals surface area contributed by atoms with E-state index in [4.69, 9.17) is 14.6 Å². The maximum Gasteiger partial charge on any atom is 0.0718 e. The summed E-state index contributed by atoms with van der Waals surface area (Å²) < 4.78 is 10.5. The topological polar surface area (TPSA) is 41.9 Å². The molecule has 4 nitrogen and oxygen atoms in total. The second-order valence-corrected chi connectivity index (χ2v) is 3.50. The van der Waals surface area contributed by atoms with Gasteiger partial charge in [-0.15, -0.1) is 0 Å². The molecule has 13 heavy (non-hydrogen) atoms. The number of likely N-dealkylation sites (N-methyl/N-ethyl adjacent to an activating group) is 1. The lowest BCUT2D eigenvalue weighted by atomic mass is 10.2. The molecule has 1 rings (SSSR count). The number of methoxy groups -OCH3 is 1. The van der Waals surface area contributed by atoms with Gasteiger partial charge in [-0.1, -0.05) is 0 Å². The van der Waals surface area contributed by atoms with Gasteiger partial charge in [0, 0.05) is 19.7 Å². The van der Waals surface area contributed by atoms with E-state index >= 15 is 0 Å². The fraction of sp³-hybridized carbons (Fsp3) is 1.00. The number of rotatable bonds is 5. The third kappa shape index (κ3) is 3.23. The van der Waals surface area contributed by atoms with Crippen molar-refractivity contribution in [1.82, 2.24) is 4.90 Å². The minimum Gasteiger partial charge on any atom is -0.395 e. The monoisotopic (exact) mass is 189 g/mol. The van der Waals surface area contributed by atoms with Crippen molar-refractivity contribution in [2.24, 2.45) is 0 Å². The molecule has 1 heterocycles. The molecule has 1 fully saturated rings. The molecule has 0 aromatic heterocycles. The number of aliphatic hydroxyl groups excluding tert-OH is 1. The van der Waals surface area contributed by atoms with Crippen molar-refractivity contribution in [3.05, 3.63) is 0 Å². The summed E-state index contributed by atoms with van der Waals surface area (Å²) in [6.45, 7) is 2.42. The van der Waals surface area contributed by atoms with E-state index in [1.807, 2.05) is 7.05 Å². The third-order valence-electron chi connectivity index (χ3n) is 2.50. The van der Waals surface area contributed by atoms with Crippen molar-refractivity contribution >= 4 is 0 Å². The summed E-state index contributed by atoms with van der Waals surface area (Å²) in [5, 5.41) is 9.00. The first-order chi connectivity index (χ1) is 6.27. The molecule has 0 bridgehead atoms. The van der Waals surface area contributed by atoms with Crippen molar-refractivity contribution in [1.29, 1.82) is 0 Å². The molecule has 1 aliphatic rings. The van der Waals surface area contributed by atoms with Gasteiger partial charge in [0.2, 0.25) is 0 Å². The highest BCUT2D eigenvalue weighted by Crippen LogP contribution is 2.17. The highest BCUT2D eigenvalue weighted by Gasteiger charge is 2.29. The zero-order valence-corrected chi connectivity index (χ0v) is 8.40. The van der Waals surface area contributed by atoms with Crippen LogP contribution in [-0.4, -0.2) is 62.7 Å². The molecular formula is C9H19NO3. The Bertz CT molecular complexity index is 143. The van der Waals surface area contributed by atoms with Crippen molar-refractivity contribution in [3.8, 4) is 0 Å². The van der Waals surface area contributed by atoms with E-state index < -0.39 is 0 Å². The van der Waals surface area contributed by atoms with Gasteiger partial charge in [0.1, 0.15) is 0 Å². The minimum atomic E-state index is 0.223. The van der Waals surface area contributed by atoms with Crippen LogP contribution in [0.15, 0.2) is 0 Å². The van der Waals surface area contributed by atoms with Crippen molar-refractivity contribution < 1.29 is 14.6 Å². The lowest BCUT2D eigenvalue weighted by Crippen LogP contribution is -2.28. The molecule has 0 aromatic rings. The molecule has 0 aromatic carbocycles. The van der Waals surface area contributed by atoms with Crippen LogP contribution < -0.4 is 0 Å². The molecule has 1 N–H and O–H groups in total. The van der Waals surface area contributed by atoms with E-state index in [-0.39, 0.29) is 18.8 Å². The Morgan fingerprint density at radius 2 is 2.23 bits per heavy atom. The van der Waals surface area contributed by atoms with E-state index in [2.05, 4.69) is 4.90 Å². The maximum absolute atomic E-state index is 9.00. The van der Waals surface area contributed by atoms with Crippen LogP contribution in [0.2, 0.25) is 0 Å². The molecule has 0 unspecified atom stereocenters. The van der Waals surface area contributed by atoms with Gasteiger partial charge in [0.15, 0.2) is 0 Å². The lowest BCUT2D eigenvalue weighted by Gasteiger charge is -2.14. The fourth-order valence-corrected chi connectivity index (χ4v) is 1.66. The van der Waals surface area contributed by atoms with Gasteiger partial charge < -0.3 is 14.6 Å². The predicted molar refractivity (Wildman–Crippen MR) is 49.7 cm³/mol. The number of ether oxygens (including phenoxy) is 2. The number of nitrogens with zero attached hydrogens (tertiary/aromatic N) is 1. The number of aliphatic hydroxyl groups is 1. The Kier molecular flexibility index (Phi) is 4.66. The van der Waals surface area contributed by atoms with Crippen molar-refractivity contribution in [3.63, 3.8) is 0 Å². The second kappa shape index (κ2) is 5.54. The highest BCUT2D eigenvalue weighted by atomic mass is 16.5. The van der Waals surface area contributed by atoms with Crippen LogP contribution in [0.5, 0.6) is 0 Å². The normalized spacial score (nSPS) is 29.8. The van der Waals surface area contributed by atoms with E-state index in [1.165, 1.54) is 0 Å². The fourth-order valence-electron chi connectivity index (χ4n) is 1.66. The van der Waals surface area contributed by atoms with Crippen molar-refractivity contribution in [2.45, 2.75) is 18.6 Å². The van der Waals surface area contributed by atoms with Crippen LogP contribution >= 0.6 is 0 Å². The zero-order valence-electron chi connectivity index (χ0n) is 8.40. The molecule has 0 amide bonds. The first-order valence-electron chi connectivity index (χ1n) is 4.69. The summed E-state index contributed by atoms with van der Waals surface area (Å²) in [6.07, 6.45) is 1.19. The van der Waals surface area contributed by atoms with Crippen LogP contribution in [0.3, 0.4) is 0 Å². The molecule has 0 saturated carbocycles. The molecule has 0 spiro atoms. The minimum absolute atomic E-state index is 0.223. The highest BCUT2D eigenvalue weighted by molar-refractivity contribution is 4.83. The van der Waals surface area contributed by atoms with Gasteiger partial charge in [-0.05, 0) is 13.5 Å². The quantitative estimate of drug-likeness (QED) is 0.604.